The van der Waals surface area contributed by atoms with E-state index in [1.54, 1.807) is 6.20 Å². The molecular weight excluding hydrogens is 302 g/mol. The van der Waals surface area contributed by atoms with Crippen LogP contribution in [0.2, 0.25) is 0 Å². The fraction of sp³-hybridized carbons (Fsp3) is 0.667. The fourth-order valence-corrected chi connectivity index (χ4v) is 4.37. The number of rotatable bonds is 3. The minimum Gasteiger partial charge on any atom is -0.397 e. The lowest BCUT2D eigenvalue weighted by Crippen LogP contribution is -2.30. The lowest BCUT2D eigenvalue weighted by atomic mass is 9.84. The molecule has 4 atom stereocenters. The highest BCUT2D eigenvalue weighted by molar-refractivity contribution is 9.10. The second-order valence-corrected chi connectivity index (χ2v) is 7.07. The smallest absolute Gasteiger partial charge is 0.140 e. The van der Waals surface area contributed by atoms with Gasteiger partial charge in [-0.25, -0.2) is 4.98 Å². The Morgan fingerprint density at radius 3 is 2.84 bits per heavy atom. The van der Waals surface area contributed by atoms with Gasteiger partial charge in [0.25, 0.3) is 0 Å². The van der Waals surface area contributed by atoms with Crippen LogP contribution in [-0.2, 0) is 0 Å². The maximum absolute atomic E-state index is 5.87. The van der Waals surface area contributed by atoms with E-state index in [1.165, 1.54) is 25.7 Å². The first-order chi connectivity index (χ1) is 9.06. The van der Waals surface area contributed by atoms with Crippen molar-refractivity contribution < 1.29 is 0 Å². The van der Waals surface area contributed by atoms with Crippen molar-refractivity contribution in [2.75, 3.05) is 11.1 Å². The molecule has 0 saturated heterocycles. The Bertz CT molecular complexity index is 489. The number of fused-ring (bicyclic) bond motifs is 2. The van der Waals surface area contributed by atoms with Crippen molar-refractivity contribution in [2.24, 2.45) is 17.8 Å². The third-order valence-electron chi connectivity index (χ3n) is 5.10. The van der Waals surface area contributed by atoms with Crippen LogP contribution in [0.25, 0.3) is 0 Å². The molecule has 3 nitrogen and oxygen atoms in total. The molecule has 0 radical (unpaired) electrons. The van der Waals surface area contributed by atoms with E-state index in [9.17, 15) is 0 Å². The molecule has 3 rings (SSSR count). The zero-order valence-electron chi connectivity index (χ0n) is 11.6. The first-order valence-corrected chi connectivity index (χ1v) is 8.02. The molecule has 1 aromatic rings. The number of halogens is 1. The van der Waals surface area contributed by atoms with Gasteiger partial charge < -0.3 is 11.1 Å². The molecule has 104 valence electrons. The Labute approximate surface area is 123 Å². The monoisotopic (exact) mass is 323 g/mol. The Morgan fingerprint density at radius 1 is 1.42 bits per heavy atom. The van der Waals surface area contributed by atoms with Crippen LogP contribution in [0.3, 0.4) is 0 Å². The SMILES string of the molecule is Cc1c(N)cnc(NC(C)C2CC3CCC2C3)c1Br. The lowest BCUT2D eigenvalue weighted by molar-refractivity contribution is 0.304. The van der Waals surface area contributed by atoms with E-state index in [0.29, 0.717) is 6.04 Å². The van der Waals surface area contributed by atoms with Crippen LogP contribution in [0.1, 0.15) is 38.2 Å². The van der Waals surface area contributed by atoms with Crippen LogP contribution in [0.5, 0.6) is 0 Å². The third-order valence-corrected chi connectivity index (χ3v) is 6.07. The number of nitrogens with two attached hydrogens (primary N) is 1. The summed E-state index contributed by atoms with van der Waals surface area (Å²) in [6.45, 7) is 4.32. The molecule has 2 aliphatic rings. The number of nitrogens with zero attached hydrogens (tertiary/aromatic N) is 1. The van der Waals surface area contributed by atoms with E-state index in [0.717, 1.165) is 39.3 Å². The highest BCUT2D eigenvalue weighted by atomic mass is 79.9. The largest absolute Gasteiger partial charge is 0.397 e. The summed E-state index contributed by atoms with van der Waals surface area (Å²) in [6.07, 6.45) is 7.47. The number of aromatic nitrogens is 1. The van der Waals surface area contributed by atoms with Crippen molar-refractivity contribution in [1.29, 1.82) is 0 Å². The zero-order valence-corrected chi connectivity index (χ0v) is 13.2. The van der Waals surface area contributed by atoms with Gasteiger partial charge in [0.1, 0.15) is 5.82 Å². The Balaban J connectivity index is 1.73. The van der Waals surface area contributed by atoms with Crippen molar-refractivity contribution in [3.8, 4) is 0 Å². The number of hydrogen-bond donors (Lipinski definition) is 2. The Morgan fingerprint density at radius 2 is 2.21 bits per heavy atom. The highest BCUT2D eigenvalue weighted by Crippen LogP contribution is 2.50. The number of nitrogens with one attached hydrogen (secondary N) is 1. The van der Waals surface area contributed by atoms with E-state index in [1.807, 2.05) is 6.92 Å². The molecule has 0 spiro atoms. The van der Waals surface area contributed by atoms with Crippen molar-refractivity contribution in [1.82, 2.24) is 4.98 Å². The topological polar surface area (TPSA) is 50.9 Å². The quantitative estimate of drug-likeness (QED) is 0.884. The second-order valence-electron chi connectivity index (χ2n) is 6.27. The van der Waals surface area contributed by atoms with Gasteiger partial charge in [-0.2, -0.15) is 0 Å². The van der Waals surface area contributed by atoms with Crippen molar-refractivity contribution in [2.45, 2.75) is 45.6 Å². The van der Waals surface area contributed by atoms with Crippen molar-refractivity contribution >= 4 is 27.4 Å². The summed E-state index contributed by atoms with van der Waals surface area (Å²) >= 11 is 3.60. The molecule has 4 heteroatoms. The van der Waals surface area contributed by atoms with Gasteiger partial charge in [-0.1, -0.05) is 6.42 Å². The first kappa shape index (κ1) is 13.2. The van der Waals surface area contributed by atoms with Gasteiger partial charge >= 0.3 is 0 Å². The van der Waals surface area contributed by atoms with Crippen molar-refractivity contribution in [3.63, 3.8) is 0 Å². The normalized spacial score (nSPS) is 30.6. The molecule has 19 heavy (non-hydrogen) atoms. The zero-order chi connectivity index (χ0) is 13.6. The Hall–Kier alpha value is -0.770. The van der Waals surface area contributed by atoms with E-state index >= 15 is 0 Å². The molecule has 2 fully saturated rings. The Kier molecular flexibility index (Phi) is 3.46. The minimum absolute atomic E-state index is 0.488. The molecule has 2 saturated carbocycles. The van der Waals surface area contributed by atoms with Gasteiger partial charge in [0.05, 0.1) is 16.4 Å². The summed E-state index contributed by atoms with van der Waals surface area (Å²) < 4.78 is 1.00. The molecule has 0 amide bonds. The predicted octanol–water partition coefficient (Wildman–Crippen LogP) is 3.97. The van der Waals surface area contributed by atoms with Gasteiger partial charge in [-0.3, -0.25) is 0 Å². The summed E-state index contributed by atoms with van der Waals surface area (Å²) in [5.41, 5.74) is 7.68. The van der Waals surface area contributed by atoms with Crippen molar-refractivity contribution in [3.05, 3.63) is 16.2 Å². The van der Waals surface area contributed by atoms with Gasteiger partial charge in [-0.15, -0.1) is 0 Å². The highest BCUT2D eigenvalue weighted by Gasteiger charge is 2.41. The number of nitrogen functional groups attached to an aromatic ring is 1. The molecule has 4 unspecified atom stereocenters. The summed E-state index contributed by atoms with van der Waals surface area (Å²) in [5.74, 6) is 3.66. The lowest BCUT2D eigenvalue weighted by Gasteiger charge is -2.29. The average Bonchev–Trinajstić information content (AvgIpc) is 3.02. The van der Waals surface area contributed by atoms with E-state index in [4.69, 9.17) is 5.73 Å². The average molecular weight is 324 g/mol. The van der Waals surface area contributed by atoms with E-state index in [2.05, 4.69) is 33.2 Å². The van der Waals surface area contributed by atoms with Gasteiger partial charge in [0.15, 0.2) is 0 Å². The summed E-state index contributed by atoms with van der Waals surface area (Å²) in [7, 11) is 0. The number of hydrogen-bond acceptors (Lipinski definition) is 3. The van der Waals surface area contributed by atoms with Crippen LogP contribution in [-0.4, -0.2) is 11.0 Å². The second kappa shape index (κ2) is 4.97. The standard InChI is InChI=1S/C15H22BrN3/c1-8-13(17)7-18-15(14(8)16)19-9(2)12-6-10-3-4-11(12)5-10/h7,9-12H,3-6,17H2,1-2H3,(H,18,19). The number of anilines is 2. The molecule has 2 bridgehead atoms. The van der Waals surface area contributed by atoms with Crippen LogP contribution in [0.4, 0.5) is 11.5 Å². The molecule has 0 aliphatic heterocycles. The third kappa shape index (κ3) is 2.35. The first-order valence-electron chi connectivity index (χ1n) is 7.23. The summed E-state index contributed by atoms with van der Waals surface area (Å²) in [4.78, 5) is 4.43. The molecule has 3 N–H and O–H groups in total. The molecule has 1 heterocycles. The maximum atomic E-state index is 5.87. The van der Waals surface area contributed by atoms with Crippen LogP contribution in [0.15, 0.2) is 10.7 Å². The maximum Gasteiger partial charge on any atom is 0.140 e. The predicted molar refractivity (Wildman–Crippen MR) is 83.1 cm³/mol. The summed E-state index contributed by atoms with van der Waals surface area (Å²) in [5, 5.41) is 3.59. The van der Waals surface area contributed by atoms with Crippen LogP contribution in [0, 0.1) is 24.7 Å². The minimum atomic E-state index is 0.488. The van der Waals surface area contributed by atoms with E-state index in [-0.39, 0.29) is 0 Å². The molecular formula is C15H22BrN3. The summed E-state index contributed by atoms with van der Waals surface area (Å²) in [6, 6.07) is 0.488. The van der Waals surface area contributed by atoms with Gasteiger partial charge in [-0.05, 0) is 72.4 Å². The van der Waals surface area contributed by atoms with Gasteiger partial charge in [0.2, 0.25) is 0 Å². The van der Waals surface area contributed by atoms with Crippen LogP contribution < -0.4 is 11.1 Å². The molecule has 0 aromatic carbocycles. The van der Waals surface area contributed by atoms with E-state index < -0.39 is 0 Å². The number of pyridine rings is 1. The van der Waals surface area contributed by atoms with Crippen LogP contribution >= 0.6 is 15.9 Å². The molecule has 1 aromatic heterocycles. The fourth-order valence-electron chi connectivity index (χ4n) is 3.92. The molecule has 2 aliphatic carbocycles. The van der Waals surface area contributed by atoms with Gasteiger partial charge in [0, 0.05) is 6.04 Å².